The molecule has 3 heterocycles. The number of thiophene rings is 1. The van der Waals surface area contributed by atoms with E-state index in [-0.39, 0.29) is 12.1 Å². The molecule has 2 aromatic heterocycles. The van der Waals surface area contributed by atoms with Gasteiger partial charge in [-0.2, -0.15) is 0 Å². The number of carbonyl (C=O) groups excluding carboxylic acids is 3. The third kappa shape index (κ3) is 4.37. The lowest BCUT2D eigenvalue weighted by Gasteiger charge is -2.30. The van der Waals surface area contributed by atoms with Crippen molar-refractivity contribution in [1.29, 1.82) is 0 Å². The second kappa shape index (κ2) is 8.07. The van der Waals surface area contributed by atoms with E-state index in [9.17, 15) is 14.4 Å². The lowest BCUT2D eigenvalue weighted by atomic mass is 9.93. The van der Waals surface area contributed by atoms with Gasteiger partial charge in [-0.05, 0) is 31.0 Å². The molecule has 2 aromatic rings. The maximum absolute atomic E-state index is 12.3. The first-order valence-electron chi connectivity index (χ1n) is 8.65. The highest BCUT2D eigenvalue weighted by Crippen LogP contribution is 2.40. The van der Waals surface area contributed by atoms with Crippen LogP contribution in [0.25, 0.3) is 0 Å². The van der Waals surface area contributed by atoms with Crippen LogP contribution in [-0.2, 0) is 38.6 Å². The minimum Gasteiger partial charge on any atom is -0.465 e. The highest BCUT2D eigenvalue weighted by atomic mass is 32.1. The van der Waals surface area contributed by atoms with Crippen molar-refractivity contribution < 1.29 is 23.9 Å². The van der Waals surface area contributed by atoms with Gasteiger partial charge in [0.25, 0.3) is 0 Å². The Kier molecular flexibility index (Phi) is 5.76. The normalized spacial score (nSPS) is 14.7. The van der Waals surface area contributed by atoms with E-state index in [1.165, 1.54) is 18.4 Å². The fourth-order valence-electron chi connectivity index (χ4n) is 2.88. The van der Waals surface area contributed by atoms with Crippen LogP contribution < -0.4 is 10.6 Å². The minimum absolute atomic E-state index is 0.174. The molecule has 0 aromatic carbocycles. The summed E-state index contributed by atoms with van der Waals surface area (Å²) in [7, 11) is 1.28. The Labute approximate surface area is 166 Å². The van der Waals surface area contributed by atoms with Gasteiger partial charge in [0.15, 0.2) is 0 Å². The maximum Gasteiger partial charge on any atom is 0.341 e. The lowest BCUT2D eigenvalue weighted by Crippen LogP contribution is -2.35. The fraction of sp³-hybridized carbons (Fsp3) is 0.368. The van der Waals surface area contributed by atoms with Gasteiger partial charge in [0.1, 0.15) is 5.00 Å². The number of rotatable bonds is 4. The second-order valence-electron chi connectivity index (χ2n) is 6.92. The molecule has 0 saturated carbocycles. The number of nitrogens with one attached hydrogen (secondary N) is 2. The monoisotopic (exact) mass is 403 g/mol. The van der Waals surface area contributed by atoms with Gasteiger partial charge < -0.3 is 20.1 Å². The Hall–Kier alpha value is -2.78. The van der Waals surface area contributed by atoms with Crippen molar-refractivity contribution in [3.05, 3.63) is 46.1 Å². The van der Waals surface area contributed by atoms with Gasteiger partial charge in [0, 0.05) is 30.2 Å². The number of esters is 1. The van der Waals surface area contributed by atoms with E-state index in [1.807, 2.05) is 13.8 Å². The summed E-state index contributed by atoms with van der Waals surface area (Å²) in [6.45, 7) is 4.37. The molecule has 9 heteroatoms. The van der Waals surface area contributed by atoms with Crippen molar-refractivity contribution in [1.82, 2.24) is 10.3 Å². The van der Waals surface area contributed by atoms with Crippen molar-refractivity contribution in [2.24, 2.45) is 0 Å². The number of fused-ring (bicyclic) bond motifs is 1. The van der Waals surface area contributed by atoms with Crippen molar-refractivity contribution in [3.63, 3.8) is 0 Å². The second-order valence-corrected chi connectivity index (χ2v) is 8.03. The van der Waals surface area contributed by atoms with E-state index in [0.29, 0.717) is 18.0 Å². The third-order valence-electron chi connectivity index (χ3n) is 4.29. The molecular formula is C19H21N3O5S. The van der Waals surface area contributed by atoms with Gasteiger partial charge in [-0.1, -0.05) is 6.07 Å². The number of pyridine rings is 1. The Morgan fingerprint density at radius 1 is 1.32 bits per heavy atom. The van der Waals surface area contributed by atoms with Crippen LogP contribution in [0.5, 0.6) is 0 Å². The summed E-state index contributed by atoms with van der Waals surface area (Å²) < 4.78 is 10.7. The Balaban J connectivity index is 1.76. The van der Waals surface area contributed by atoms with E-state index in [1.54, 1.807) is 24.5 Å². The van der Waals surface area contributed by atoms with Crippen molar-refractivity contribution in [3.8, 4) is 0 Å². The molecular weight excluding hydrogens is 382 g/mol. The molecule has 2 N–H and O–H groups in total. The van der Waals surface area contributed by atoms with Crippen LogP contribution in [-0.4, -0.2) is 35.5 Å². The van der Waals surface area contributed by atoms with Crippen LogP contribution in [0.1, 0.15) is 40.2 Å². The van der Waals surface area contributed by atoms with Crippen LogP contribution in [0.4, 0.5) is 5.00 Å². The zero-order valence-electron chi connectivity index (χ0n) is 15.8. The third-order valence-corrected chi connectivity index (χ3v) is 5.41. The summed E-state index contributed by atoms with van der Waals surface area (Å²) in [4.78, 5) is 41.6. The first-order valence-corrected chi connectivity index (χ1v) is 9.47. The predicted molar refractivity (Wildman–Crippen MR) is 103 cm³/mol. The SMILES string of the molecule is COC(=O)c1c(NC(=O)C(=O)NCc2cccnc2)sc2c1CC(C)(C)OC2. The van der Waals surface area contributed by atoms with Crippen LogP contribution >= 0.6 is 11.3 Å². The van der Waals surface area contributed by atoms with Gasteiger partial charge >= 0.3 is 17.8 Å². The molecule has 0 radical (unpaired) electrons. The summed E-state index contributed by atoms with van der Waals surface area (Å²) in [5, 5.41) is 5.36. The van der Waals surface area contributed by atoms with Crippen LogP contribution in [0.3, 0.4) is 0 Å². The van der Waals surface area contributed by atoms with Gasteiger partial charge in [0.2, 0.25) is 0 Å². The fourth-order valence-corrected chi connectivity index (χ4v) is 4.00. The number of amides is 2. The molecule has 0 spiro atoms. The lowest BCUT2D eigenvalue weighted by molar-refractivity contribution is -0.136. The minimum atomic E-state index is -0.854. The van der Waals surface area contributed by atoms with Crippen molar-refractivity contribution in [2.75, 3.05) is 12.4 Å². The first-order chi connectivity index (χ1) is 13.3. The van der Waals surface area contributed by atoms with Crippen LogP contribution in [0.15, 0.2) is 24.5 Å². The molecule has 0 unspecified atom stereocenters. The number of hydrogen-bond donors (Lipinski definition) is 2. The molecule has 148 valence electrons. The molecule has 28 heavy (non-hydrogen) atoms. The number of nitrogens with zero attached hydrogens (tertiary/aromatic N) is 1. The largest absolute Gasteiger partial charge is 0.465 e. The predicted octanol–water partition coefficient (Wildman–Crippen LogP) is 2.04. The number of ether oxygens (including phenoxy) is 2. The van der Waals surface area contributed by atoms with Gasteiger partial charge in [-0.25, -0.2) is 4.79 Å². The van der Waals surface area contributed by atoms with Crippen molar-refractivity contribution in [2.45, 2.75) is 39.0 Å². The smallest absolute Gasteiger partial charge is 0.341 e. The zero-order chi connectivity index (χ0) is 20.3. The topological polar surface area (TPSA) is 107 Å². The Bertz CT molecular complexity index is 908. The molecule has 0 saturated heterocycles. The number of anilines is 1. The number of aromatic nitrogens is 1. The molecule has 0 fully saturated rings. The van der Waals surface area contributed by atoms with E-state index in [4.69, 9.17) is 9.47 Å². The van der Waals surface area contributed by atoms with Gasteiger partial charge in [-0.3, -0.25) is 14.6 Å². The molecule has 0 aliphatic carbocycles. The summed E-state index contributed by atoms with van der Waals surface area (Å²) in [6.07, 6.45) is 3.73. The number of methoxy groups -OCH3 is 1. The van der Waals surface area contributed by atoms with Crippen LogP contribution in [0, 0.1) is 0 Å². The van der Waals surface area contributed by atoms with Crippen molar-refractivity contribution >= 4 is 34.1 Å². The van der Waals surface area contributed by atoms with E-state index < -0.39 is 23.4 Å². The van der Waals surface area contributed by atoms with E-state index >= 15 is 0 Å². The molecule has 0 atom stereocenters. The molecule has 8 nitrogen and oxygen atoms in total. The molecule has 1 aliphatic rings. The van der Waals surface area contributed by atoms with Gasteiger partial charge in [-0.15, -0.1) is 11.3 Å². The van der Waals surface area contributed by atoms with Crippen LogP contribution in [0.2, 0.25) is 0 Å². The summed E-state index contributed by atoms with van der Waals surface area (Å²) in [5.41, 5.74) is 1.41. The molecule has 3 rings (SSSR count). The maximum atomic E-state index is 12.3. The van der Waals surface area contributed by atoms with Gasteiger partial charge in [0.05, 0.1) is 24.9 Å². The molecule has 0 bridgehead atoms. The first kappa shape index (κ1) is 20.0. The number of hydrogen-bond acceptors (Lipinski definition) is 7. The molecule has 1 aliphatic heterocycles. The summed E-state index contributed by atoms with van der Waals surface area (Å²) >= 11 is 1.22. The molecule has 2 amide bonds. The average Bonchev–Trinajstić information content (AvgIpc) is 3.02. The highest BCUT2D eigenvalue weighted by Gasteiger charge is 2.34. The average molecular weight is 403 g/mol. The highest BCUT2D eigenvalue weighted by molar-refractivity contribution is 7.17. The zero-order valence-corrected chi connectivity index (χ0v) is 16.6. The van der Waals surface area contributed by atoms with E-state index in [0.717, 1.165) is 16.0 Å². The quantitative estimate of drug-likeness (QED) is 0.598. The summed E-state index contributed by atoms with van der Waals surface area (Å²) in [6, 6.07) is 3.53. The Morgan fingerprint density at radius 3 is 2.79 bits per heavy atom. The Morgan fingerprint density at radius 2 is 2.11 bits per heavy atom. The number of carbonyl (C=O) groups is 3. The standard InChI is InChI=1S/C19H21N3O5S/c1-19(2)7-12-13(10-27-19)28-17(14(12)18(25)26-3)22-16(24)15(23)21-9-11-5-4-6-20-8-11/h4-6,8H,7,9-10H2,1-3H3,(H,21,23)(H,22,24). The summed E-state index contributed by atoms with van der Waals surface area (Å²) in [5.74, 6) is -2.21. The van der Waals surface area contributed by atoms with E-state index in [2.05, 4.69) is 15.6 Å².